The van der Waals surface area contributed by atoms with Gasteiger partial charge in [0.15, 0.2) is 0 Å². The lowest BCUT2D eigenvalue weighted by molar-refractivity contribution is -0.126. The molecule has 1 N–H and O–H groups in total. The number of carbonyl (C=O) groups excluding carboxylic acids is 1. The van der Waals surface area contributed by atoms with E-state index in [9.17, 15) is 9.90 Å². The number of rotatable bonds is 5. The number of anilines is 1. The molecule has 0 unspecified atom stereocenters. The van der Waals surface area contributed by atoms with E-state index < -0.39 is 11.4 Å². The third-order valence-electron chi connectivity index (χ3n) is 4.49. The van der Waals surface area contributed by atoms with Gasteiger partial charge in [-0.2, -0.15) is 0 Å². The number of aliphatic hydroxyl groups is 1. The van der Waals surface area contributed by atoms with Gasteiger partial charge < -0.3 is 19.6 Å². The van der Waals surface area contributed by atoms with Gasteiger partial charge in [0.25, 0.3) is 5.91 Å². The molecule has 1 aliphatic rings. The SMILES string of the molecule is COc1ccc([C@@H]2Sc3ccc(Cl)cc3N(CCN(C)C)C(=O)[C@@H]2O)cc1. The number of ether oxygens (including phenoxy) is 1. The molecule has 0 saturated heterocycles. The number of thioether (sulfide) groups is 1. The van der Waals surface area contributed by atoms with Crippen molar-refractivity contribution in [1.29, 1.82) is 0 Å². The number of likely N-dealkylation sites (N-methyl/N-ethyl adjacent to an activating group) is 1. The maximum atomic E-state index is 13.1. The van der Waals surface area contributed by atoms with E-state index in [1.807, 2.05) is 55.4 Å². The smallest absolute Gasteiger partial charge is 0.257 e. The first-order chi connectivity index (χ1) is 12.9. The van der Waals surface area contributed by atoms with Crippen LogP contribution in [0.4, 0.5) is 5.69 Å². The Morgan fingerprint density at radius 1 is 1.22 bits per heavy atom. The van der Waals surface area contributed by atoms with Gasteiger partial charge in [0, 0.05) is 23.0 Å². The molecule has 7 heteroatoms. The lowest BCUT2D eigenvalue weighted by Crippen LogP contribution is -2.43. The van der Waals surface area contributed by atoms with Crippen LogP contribution in [0, 0.1) is 0 Å². The molecule has 0 spiro atoms. The van der Waals surface area contributed by atoms with Crippen molar-refractivity contribution in [2.45, 2.75) is 16.2 Å². The lowest BCUT2D eigenvalue weighted by Gasteiger charge is -2.26. The maximum absolute atomic E-state index is 13.1. The highest BCUT2D eigenvalue weighted by atomic mass is 35.5. The van der Waals surface area contributed by atoms with Crippen molar-refractivity contribution in [2.24, 2.45) is 0 Å². The van der Waals surface area contributed by atoms with E-state index in [1.54, 1.807) is 18.1 Å². The van der Waals surface area contributed by atoms with E-state index in [2.05, 4.69) is 0 Å². The van der Waals surface area contributed by atoms with Crippen molar-refractivity contribution < 1.29 is 14.6 Å². The quantitative estimate of drug-likeness (QED) is 0.824. The van der Waals surface area contributed by atoms with Crippen molar-refractivity contribution in [2.75, 3.05) is 39.2 Å². The van der Waals surface area contributed by atoms with Crippen LogP contribution in [0.1, 0.15) is 10.8 Å². The van der Waals surface area contributed by atoms with Crippen LogP contribution in [0.2, 0.25) is 5.02 Å². The fourth-order valence-electron chi connectivity index (χ4n) is 2.98. The summed E-state index contributed by atoms with van der Waals surface area (Å²) in [5, 5.41) is 11.0. The van der Waals surface area contributed by atoms with Crippen molar-refractivity contribution in [1.82, 2.24) is 4.90 Å². The maximum Gasteiger partial charge on any atom is 0.257 e. The second-order valence-corrected chi connectivity index (χ2v) is 8.28. The number of nitrogens with zero attached hydrogens (tertiary/aromatic N) is 2. The van der Waals surface area contributed by atoms with E-state index in [0.29, 0.717) is 18.1 Å². The highest BCUT2D eigenvalue weighted by molar-refractivity contribution is 7.99. The molecule has 1 heterocycles. The summed E-state index contributed by atoms with van der Waals surface area (Å²) in [5.41, 5.74) is 1.62. The zero-order chi connectivity index (χ0) is 19.6. The van der Waals surface area contributed by atoms with Crippen molar-refractivity contribution >= 4 is 35.0 Å². The standard InChI is InChI=1S/C20H23ClN2O3S/c1-22(2)10-11-23-16-12-14(21)6-9-17(16)27-19(18(24)20(23)25)13-4-7-15(26-3)8-5-13/h4-9,12,18-19,24H,10-11H2,1-3H3/t18-,19+/m1/s1. The molecule has 0 saturated carbocycles. The summed E-state index contributed by atoms with van der Waals surface area (Å²) in [4.78, 5) is 17.7. The zero-order valence-electron chi connectivity index (χ0n) is 15.6. The minimum atomic E-state index is -1.16. The Bertz CT molecular complexity index is 813. The second kappa shape index (κ2) is 8.52. The Balaban J connectivity index is 2.00. The number of methoxy groups -OCH3 is 1. The van der Waals surface area contributed by atoms with Crippen LogP contribution in [0.25, 0.3) is 0 Å². The summed E-state index contributed by atoms with van der Waals surface area (Å²) >= 11 is 7.67. The fraction of sp³-hybridized carbons (Fsp3) is 0.350. The summed E-state index contributed by atoms with van der Waals surface area (Å²) in [6.45, 7) is 1.16. The van der Waals surface area contributed by atoms with E-state index in [1.165, 1.54) is 11.8 Å². The largest absolute Gasteiger partial charge is 0.497 e. The Morgan fingerprint density at radius 3 is 2.56 bits per heavy atom. The number of benzene rings is 2. The van der Waals surface area contributed by atoms with Crippen LogP contribution in [0.15, 0.2) is 47.4 Å². The van der Waals surface area contributed by atoms with Crippen LogP contribution in [0.3, 0.4) is 0 Å². The predicted octanol–water partition coefficient (Wildman–Crippen LogP) is 3.45. The molecule has 144 valence electrons. The first kappa shape index (κ1) is 20.0. The number of fused-ring (bicyclic) bond motifs is 1. The van der Waals surface area contributed by atoms with Crippen LogP contribution in [-0.2, 0) is 4.79 Å². The Labute approximate surface area is 168 Å². The molecule has 5 nitrogen and oxygen atoms in total. The highest BCUT2D eigenvalue weighted by Crippen LogP contribution is 2.46. The normalized spacial score (nSPS) is 19.8. The zero-order valence-corrected chi connectivity index (χ0v) is 17.1. The van der Waals surface area contributed by atoms with Crippen LogP contribution in [-0.4, -0.2) is 56.3 Å². The molecule has 1 aliphatic heterocycles. The number of amides is 1. The molecule has 2 atom stereocenters. The third-order valence-corrected chi connectivity index (χ3v) is 6.10. The summed E-state index contributed by atoms with van der Waals surface area (Å²) in [6.07, 6.45) is -1.16. The summed E-state index contributed by atoms with van der Waals surface area (Å²) in [7, 11) is 5.51. The summed E-state index contributed by atoms with van der Waals surface area (Å²) in [6, 6.07) is 13.0. The van der Waals surface area contributed by atoms with Gasteiger partial charge in [-0.25, -0.2) is 0 Å². The number of hydrogen-bond acceptors (Lipinski definition) is 5. The molecular formula is C20H23ClN2O3S. The lowest BCUT2D eigenvalue weighted by atomic mass is 10.1. The van der Waals surface area contributed by atoms with Gasteiger partial charge in [0.05, 0.1) is 18.0 Å². The monoisotopic (exact) mass is 406 g/mol. The molecule has 2 aromatic carbocycles. The molecule has 0 radical (unpaired) electrons. The third kappa shape index (κ3) is 4.41. The molecule has 3 rings (SSSR count). The number of halogens is 1. The first-order valence-corrected chi connectivity index (χ1v) is 9.91. The first-order valence-electron chi connectivity index (χ1n) is 8.65. The van der Waals surface area contributed by atoms with Crippen molar-refractivity contribution in [3.63, 3.8) is 0 Å². The summed E-state index contributed by atoms with van der Waals surface area (Å²) in [5.74, 6) is 0.421. The van der Waals surface area contributed by atoms with Gasteiger partial charge in [-0.05, 0) is 50.0 Å². The molecule has 1 amide bonds. The predicted molar refractivity (Wildman–Crippen MR) is 110 cm³/mol. The number of hydrogen-bond donors (Lipinski definition) is 1. The number of aliphatic hydroxyl groups excluding tert-OH is 1. The van der Waals surface area contributed by atoms with Gasteiger partial charge in [-0.1, -0.05) is 23.7 Å². The van der Waals surface area contributed by atoms with Gasteiger partial charge in [0.2, 0.25) is 0 Å². The Kier molecular flexibility index (Phi) is 6.32. The average molecular weight is 407 g/mol. The van der Waals surface area contributed by atoms with Crippen molar-refractivity contribution in [3.05, 3.63) is 53.1 Å². The highest BCUT2D eigenvalue weighted by Gasteiger charge is 2.37. The van der Waals surface area contributed by atoms with Crippen LogP contribution >= 0.6 is 23.4 Å². The molecule has 27 heavy (non-hydrogen) atoms. The van der Waals surface area contributed by atoms with E-state index in [-0.39, 0.29) is 5.91 Å². The van der Waals surface area contributed by atoms with E-state index >= 15 is 0 Å². The molecule has 0 aromatic heterocycles. The minimum absolute atomic E-state index is 0.314. The topological polar surface area (TPSA) is 53.0 Å². The van der Waals surface area contributed by atoms with Crippen LogP contribution in [0.5, 0.6) is 5.75 Å². The molecule has 0 bridgehead atoms. The van der Waals surface area contributed by atoms with Crippen molar-refractivity contribution in [3.8, 4) is 5.75 Å². The minimum Gasteiger partial charge on any atom is -0.497 e. The Morgan fingerprint density at radius 2 is 1.93 bits per heavy atom. The number of carbonyl (C=O) groups is 1. The molecule has 0 fully saturated rings. The average Bonchev–Trinajstić information content (AvgIpc) is 2.75. The van der Waals surface area contributed by atoms with Gasteiger partial charge >= 0.3 is 0 Å². The fourth-order valence-corrected chi connectivity index (χ4v) is 4.40. The summed E-state index contributed by atoms with van der Waals surface area (Å²) < 4.78 is 5.21. The Hall–Kier alpha value is -1.73. The molecular weight excluding hydrogens is 384 g/mol. The second-order valence-electron chi connectivity index (χ2n) is 6.66. The molecule has 2 aromatic rings. The van der Waals surface area contributed by atoms with Gasteiger partial charge in [-0.3, -0.25) is 4.79 Å². The van der Waals surface area contributed by atoms with E-state index in [0.717, 1.165) is 21.9 Å². The van der Waals surface area contributed by atoms with Gasteiger partial charge in [0.1, 0.15) is 11.9 Å². The van der Waals surface area contributed by atoms with E-state index in [4.69, 9.17) is 16.3 Å². The molecule has 0 aliphatic carbocycles. The van der Waals surface area contributed by atoms with Crippen LogP contribution < -0.4 is 9.64 Å². The van der Waals surface area contributed by atoms with Gasteiger partial charge in [-0.15, -0.1) is 11.8 Å².